The third kappa shape index (κ3) is 5.81. The molecule has 0 saturated heterocycles. The Bertz CT molecular complexity index is 1620. The number of carboxylic acid groups (broad SMARTS) is 1. The predicted molar refractivity (Wildman–Crippen MR) is 146 cm³/mol. The van der Waals surface area contributed by atoms with E-state index < -0.39 is 24.6 Å². The molecule has 1 aromatic heterocycles. The number of hydrogen-bond donors (Lipinski definition) is 1. The summed E-state index contributed by atoms with van der Waals surface area (Å²) < 4.78 is 12.4. The highest BCUT2D eigenvalue weighted by Gasteiger charge is 2.33. The molecule has 38 heavy (non-hydrogen) atoms. The van der Waals surface area contributed by atoms with E-state index in [0.717, 1.165) is 11.3 Å². The number of carboxylic acids is 1. The third-order valence-electron chi connectivity index (χ3n) is 5.43. The van der Waals surface area contributed by atoms with Crippen LogP contribution in [-0.2, 0) is 14.3 Å². The molecule has 2 heterocycles. The maximum absolute atomic E-state index is 13.7. The number of fused-ring (bicyclic) bond motifs is 1. The fourth-order valence-electron chi connectivity index (χ4n) is 3.91. The zero-order valence-electron chi connectivity index (χ0n) is 20.3. The van der Waals surface area contributed by atoms with Crippen molar-refractivity contribution in [2.24, 2.45) is 4.99 Å². The van der Waals surface area contributed by atoms with Crippen LogP contribution in [0.1, 0.15) is 37.9 Å². The molecule has 3 aromatic rings. The highest BCUT2D eigenvalue weighted by molar-refractivity contribution is 7.07. The number of carbonyl (C=O) groups excluding carboxylic acids is 1. The monoisotopic (exact) mass is 594 g/mol. The van der Waals surface area contributed by atoms with E-state index in [-0.39, 0.29) is 33.0 Å². The Morgan fingerprint density at radius 3 is 2.37 bits per heavy atom. The average molecular weight is 596 g/mol. The Hall–Kier alpha value is -3.11. The van der Waals surface area contributed by atoms with E-state index in [1.807, 2.05) is 0 Å². The van der Waals surface area contributed by atoms with E-state index in [4.69, 9.17) is 49.4 Å². The van der Waals surface area contributed by atoms with Crippen molar-refractivity contribution in [1.29, 1.82) is 0 Å². The van der Waals surface area contributed by atoms with Crippen LogP contribution in [0.15, 0.2) is 57.5 Å². The van der Waals surface area contributed by atoms with E-state index in [9.17, 15) is 14.4 Å². The summed E-state index contributed by atoms with van der Waals surface area (Å²) in [5.74, 6) is -1.71. The molecule has 0 spiro atoms. The molecule has 0 fully saturated rings. The first-order chi connectivity index (χ1) is 18.0. The molecule has 2 aromatic carbocycles. The summed E-state index contributed by atoms with van der Waals surface area (Å²) >= 11 is 19.8. The van der Waals surface area contributed by atoms with Crippen LogP contribution in [0.25, 0.3) is 6.08 Å². The smallest absolute Gasteiger partial charge is 0.341 e. The van der Waals surface area contributed by atoms with E-state index in [2.05, 4.69) is 4.99 Å². The van der Waals surface area contributed by atoms with Crippen molar-refractivity contribution in [3.8, 4) is 5.75 Å². The number of esters is 1. The number of aliphatic carboxylic acids is 1. The molecule has 8 nitrogen and oxygen atoms in total. The maximum Gasteiger partial charge on any atom is 0.341 e. The lowest BCUT2D eigenvalue weighted by molar-refractivity contribution is -0.143. The molecule has 4 rings (SSSR count). The lowest BCUT2D eigenvalue weighted by atomic mass is 9.96. The second-order valence-corrected chi connectivity index (χ2v) is 10.8. The Labute approximate surface area is 236 Å². The molecule has 1 aliphatic heterocycles. The molecule has 0 aliphatic carbocycles. The molecule has 0 radical (unpaired) electrons. The van der Waals surface area contributed by atoms with E-state index in [1.54, 1.807) is 51.1 Å². The largest absolute Gasteiger partial charge is 0.479 e. The Kier molecular flexibility index (Phi) is 8.32. The van der Waals surface area contributed by atoms with Crippen LogP contribution in [-0.4, -0.2) is 34.3 Å². The molecule has 1 N–H and O–H groups in total. The van der Waals surface area contributed by atoms with Crippen molar-refractivity contribution >= 4 is 64.2 Å². The van der Waals surface area contributed by atoms with Gasteiger partial charge in [0.05, 0.1) is 38.0 Å². The normalized spacial score (nSPS) is 15.3. The van der Waals surface area contributed by atoms with Crippen LogP contribution in [0.5, 0.6) is 5.75 Å². The van der Waals surface area contributed by atoms with Gasteiger partial charge in [0, 0.05) is 5.02 Å². The lowest BCUT2D eigenvalue weighted by Gasteiger charge is -2.25. The Morgan fingerprint density at radius 2 is 1.79 bits per heavy atom. The van der Waals surface area contributed by atoms with Crippen molar-refractivity contribution in [3.63, 3.8) is 0 Å². The fraction of sp³-hybridized carbons (Fsp3) is 0.231. The lowest BCUT2D eigenvalue weighted by Crippen LogP contribution is -2.40. The number of halogens is 3. The summed E-state index contributed by atoms with van der Waals surface area (Å²) in [5, 5.41) is 9.54. The third-order valence-corrected chi connectivity index (χ3v) is 7.22. The topological polar surface area (TPSA) is 107 Å². The van der Waals surface area contributed by atoms with E-state index in [1.165, 1.54) is 16.7 Å². The van der Waals surface area contributed by atoms with Crippen LogP contribution in [0.4, 0.5) is 0 Å². The summed E-state index contributed by atoms with van der Waals surface area (Å²) in [6.07, 6.45) is 1.22. The quantitative estimate of drug-likeness (QED) is 0.400. The zero-order chi connectivity index (χ0) is 27.7. The number of rotatable bonds is 7. The van der Waals surface area contributed by atoms with Gasteiger partial charge in [-0.1, -0.05) is 58.3 Å². The minimum Gasteiger partial charge on any atom is -0.479 e. The Balaban J connectivity index is 1.86. The van der Waals surface area contributed by atoms with Crippen LogP contribution < -0.4 is 19.6 Å². The van der Waals surface area contributed by atoms with Crippen molar-refractivity contribution < 1.29 is 24.2 Å². The number of benzene rings is 2. The fourth-order valence-corrected chi connectivity index (χ4v) is 5.69. The van der Waals surface area contributed by atoms with Gasteiger partial charge in [0.15, 0.2) is 17.2 Å². The molecule has 0 unspecified atom stereocenters. The van der Waals surface area contributed by atoms with Crippen LogP contribution in [0.2, 0.25) is 15.1 Å². The van der Waals surface area contributed by atoms with Crippen molar-refractivity contribution in [3.05, 3.63) is 93.6 Å². The van der Waals surface area contributed by atoms with Crippen molar-refractivity contribution in [1.82, 2.24) is 4.57 Å². The van der Waals surface area contributed by atoms with Gasteiger partial charge in [0.25, 0.3) is 5.56 Å². The molecular formula is C26H21Cl3N2O6S. The summed E-state index contributed by atoms with van der Waals surface area (Å²) in [7, 11) is 0. The summed E-state index contributed by atoms with van der Waals surface area (Å²) in [4.78, 5) is 42.6. The number of aromatic nitrogens is 1. The van der Waals surface area contributed by atoms with Crippen LogP contribution >= 0.6 is 46.1 Å². The predicted octanol–water partition coefficient (Wildman–Crippen LogP) is 4.61. The first-order valence-electron chi connectivity index (χ1n) is 11.3. The number of carbonyl (C=O) groups is 2. The zero-order valence-corrected chi connectivity index (χ0v) is 23.4. The molecule has 1 aliphatic rings. The van der Waals surface area contributed by atoms with Gasteiger partial charge >= 0.3 is 11.9 Å². The molecule has 1 atom stereocenters. The highest BCUT2D eigenvalue weighted by atomic mass is 35.5. The SMILES string of the molecule is CC1=C(C(=O)OC(C)C)[C@H](c2ccc(Cl)cc2)n2c(sc(=Cc3cc(Cl)c(OCC(=O)O)c(Cl)c3)c2=O)=N1. The number of allylic oxidation sites excluding steroid dienone is 1. The molecule has 12 heteroatoms. The Morgan fingerprint density at radius 1 is 1.16 bits per heavy atom. The van der Waals surface area contributed by atoms with Gasteiger partial charge in [-0.15, -0.1) is 0 Å². The number of nitrogens with zero attached hydrogens (tertiary/aromatic N) is 2. The average Bonchev–Trinajstić information content (AvgIpc) is 3.11. The second-order valence-electron chi connectivity index (χ2n) is 8.58. The maximum atomic E-state index is 13.7. The van der Waals surface area contributed by atoms with Crippen molar-refractivity contribution in [2.45, 2.75) is 32.9 Å². The second kappa shape index (κ2) is 11.3. The van der Waals surface area contributed by atoms with E-state index >= 15 is 0 Å². The van der Waals surface area contributed by atoms with Gasteiger partial charge in [-0.3, -0.25) is 9.36 Å². The van der Waals surface area contributed by atoms with Gasteiger partial charge in [-0.2, -0.15) is 0 Å². The molecule has 198 valence electrons. The van der Waals surface area contributed by atoms with Crippen LogP contribution in [0.3, 0.4) is 0 Å². The number of hydrogen-bond acceptors (Lipinski definition) is 7. The van der Waals surface area contributed by atoms with Crippen molar-refractivity contribution in [2.75, 3.05) is 6.61 Å². The minimum atomic E-state index is -1.18. The minimum absolute atomic E-state index is 0.0287. The summed E-state index contributed by atoms with van der Waals surface area (Å²) in [6.45, 7) is 4.58. The van der Waals surface area contributed by atoms with E-state index in [0.29, 0.717) is 31.2 Å². The molecule has 0 saturated carbocycles. The van der Waals surface area contributed by atoms with Gasteiger partial charge in [0.2, 0.25) is 0 Å². The molecule has 0 bridgehead atoms. The highest BCUT2D eigenvalue weighted by Crippen LogP contribution is 2.35. The molecular weight excluding hydrogens is 575 g/mol. The number of ether oxygens (including phenoxy) is 2. The van der Waals surface area contributed by atoms with Gasteiger partial charge in [0.1, 0.15) is 0 Å². The first kappa shape index (κ1) is 27.9. The van der Waals surface area contributed by atoms with Crippen LogP contribution in [0, 0.1) is 0 Å². The standard InChI is InChI=1S/C26H21Cl3N2O6S/c1-12(2)37-25(35)21-13(3)30-26-31(22(21)15-4-6-16(27)7-5-15)24(34)19(38-26)10-14-8-17(28)23(18(29)9-14)36-11-20(32)33/h4-10,12,22H,11H2,1-3H3,(H,32,33)/t22-/m0/s1. The van der Waals surface area contributed by atoms with Gasteiger partial charge in [-0.25, -0.2) is 14.6 Å². The number of thiazole rings is 1. The van der Waals surface area contributed by atoms with Gasteiger partial charge in [-0.05, 0) is 62.2 Å². The summed E-state index contributed by atoms with van der Waals surface area (Å²) in [5.41, 5.74) is 1.47. The summed E-state index contributed by atoms with van der Waals surface area (Å²) in [6, 6.07) is 9.11. The molecule has 0 amide bonds. The first-order valence-corrected chi connectivity index (χ1v) is 13.2. The van der Waals surface area contributed by atoms with Gasteiger partial charge < -0.3 is 14.6 Å².